The molecule has 0 aliphatic carbocycles. The van der Waals surface area contributed by atoms with Gasteiger partial charge in [0.1, 0.15) is 5.78 Å². The molecule has 24 heavy (non-hydrogen) atoms. The summed E-state index contributed by atoms with van der Waals surface area (Å²) in [5, 5.41) is 0. The first-order valence-corrected chi connectivity index (χ1v) is 9.05. The molecule has 0 saturated carbocycles. The SMILES string of the molecule is CCC(=O)C(CCN(CC)CC)(c1ccccc1)c1ccccc1. The molecule has 2 rings (SSSR count). The molecule has 128 valence electrons. The third-order valence-electron chi connectivity index (χ3n) is 5.03. The van der Waals surface area contributed by atoms with Crippen LogP contribution in [0.5, 0.6) is 0 Å². The Morgan fingerprint density at radius 3 is 1.67 bits per heavy atom. The van der Waals surface area contributed by atoms with Crippen LogP contribution in [0.15, 0.2) is 60.7 Å². The van der Waals surface area contributed by atoms with Crippen molar-refractivity contribution in [2.45, 2.75) is 39.0 Å². The van der Waals surface area contributed by atoms with Crippen LogP contribution >= 0.6 is 0 Å². The second-order valence-electron chi connectivity index (χ2n) is 6.19. The van der Waals surface area contributed by atoms with Gasteiger partial charge in [-0.2, -0.15) is 0 Å². The highest BCUT2D eigenvalue weighted by Crippen LogP contribution is 2.38. The molecule has 2 aromatic carbocycles. The van der Waals surface area contributed by atoms with E-state index in [1.807, 2.05) is 43.3 Å². The Bertz CT molecular complexity index is 577. The van der Waals surface area contributed by atoms with Crippen molar-refractivity contribution >= 4 is 5.78 Å². The zero-order chi connectivity index (χ0) is 17.4. The van der Waals surface area contributed by atoms with Crippen LogP contribution in [0.25, 0.3) is 0 Å². The molecular formula is C22H29NO. The molecule has 0 N–H and O–H groups in total. The van der Waals surface area contributed by atoms with Crippen LogP contribution in [0, 0.1) is 0 Å². The molecule has 2 aromatic rings. The van der Waals surface area contributed by atoms with Gasteiger partial charge in [0.25, 0.3) is 0 Å². The molecular weight excluding hydrogens is 294 g/mol. The van der Waals surface area contributed by atoms with Crippen molar-refractivity contribution in [3.8, 4) is 0 Å². The van der Waals surface area contributed by atoms with Crippen molar-refractivity contribution < 1.29 is 4.79 Å². The quantitative estimate of drug-likeness (QED) is 0.667. The van der Waals surface area contributed by atoms with Crippen molar-refractivity contribution in [1.29, 1.82) is 0 Å². The molecule has 0 fully saturated rings. The fraction of sp³-hybridized carbons (Fsp3) is 0.409. The first-order valence-electron chi connectivity index (χ1n) is 9.05. The molecule has 0 saturated heterocycles. The van der Waals surface area contributed by atoms with E-state index in [0.29, 0.717) is 12.2 Å². The summed E-state index contributed by atoms with van der Waals surface area (Å²) in [4.78, 5) is 15.6. The summed E-state index contributed by atoms with van der Waals surface area (Å²) in [6.07, 6.45) is 1.36. The van der Waals surface area contributed by atoms with E-state index in [-0.39, 0.29) is 0 Å². The predicted molar refractivity (Wildman–Crippen MR) is 101 cm³/mol. The van der Waals surface area contributed by atoms with Gasteiger partial charge in [-0.1, -0.05) is 81.4 Å². The van der Waals surface area contributed by atoms with Gasteiger partial charge in [-0.15, -0.1) is 0 Å². The third kappa shape index (κ3) is 3.76. The van der Waals surface area contributed by atoms with Crippen molar-refractivity contribution in [3.05, 3.63) is 71.8 Å². The lowest BCUT2D eigenvalue weighted by molar-refractivity contribution is -0.123. The maximum Gasteiger partial charge on any atom is 0.147 e. The third-order valence-corrected chi connectivity index (χ3v) is 5.03. The van der Waals surface area contributed by atoms with Gasteiger partial charge in [-0.05, 0) is 37.2 Å². The molecule has 0 bridgehead atoms. The normalized spacial score (nSPS) is 11.7. The number of hydrogen-bond donors (Lipinski definition) is 0. The maximum absolute atomic E-state index is 13.2. The van der Waals surface area contributed by atoms with E-state index in [9.17, 15) is 4.79 Å². The van der Waals surface area contributed by atoms with Crippen LogP contribution in [0.4, 0.5) is 0 Å². The zero-order valence-electron chi connectivity index (χ0n) is 15.2. The maximum atomic E-state index is 13.2. The Morgan fingerprint density at radius 2 is 1.29 bits per heavy atom. The van der Waals surface area contributed by atoms with Crippen LogP contribution < -0.4 is 0 Å². The average Bonchev–Trinajstić information content (AvgIpc) is 2.66. The van der Waals surface area contributed by atoms with Gasteiger partial charge in [0.05, 0.1) is 5.41 Å². The molecule has 0 aliphatic heterocycles. The standard InChI is InChI=1S/C22H29NO/c1-4-21(24)22(17-18-23(5-2)6-3,19-13-9-7-10-14-19)20-15-11-8-12-16-20/h7-16H,4-6,17-18H2,1-3H3. The summed E-state index contributed by atoms with van der Waals surface area (Å²) in [6.45, 7) is 9.27. The van der Waals surface area contributed by atoms with Crippen molar-refractivity contribution in [2.75, 3.05) is 19.6 Å². The van der Waals surface area contributed by atoms with Crippen LogP contribution in [-0.4, -0.2) is 30.3 Å². The second-order valence-corrected chi connectivity index (χ2v) is 6.19. The minimum atomic E-state index is -0.556. The van der Waals surface area contributed by atoms with E-state index in [2.05, 4.69) is 43.0 Å². The van der Waals surface area contributed by atoms with Crippen LogP contribution in [0.1, 0.15) is 44.7 Å². The van der Waals surface area contributed by atoms with E-state index >= 15 is 0 Å². The van der Waals surface area contributed by atoms with E-state index in [0.717, 1.165) is 37.2 Å². The molecule has 0 radical (unpaired) electrons. The molecule has 2 nitrogen and oxygen atoms in total. The first kappa shape index (κ1) is 18.4. The molecule has 0 unspecified atom stereocenters. The number of carbonyl (C=O) groups is 1. The summed E-state index contributed by atoms with van der Waals surface area (Å²) in [7, 11) is 0. The Morgan fingerprint density at radius 1 is 0.833 bits per heavy atom. The summed E-state index contributed by atoms with van der Waals surface area (Å²) >= 11 is 0. The number of nitrogens with zero attached hydrogens (tertiary/aromatic N) is 1. The van der Waals surface area contributed by atoms with Crippen LogP contribution in [0.2, 0.25) is 0 Å². The summed E-state index contributed by atoms with van der Waals surface area (Å²) in [5.41, 5.74) is 1.66. The van der Waals surface area contributed by atoms with E-state index in [1.165, 1.54) is 0 Å². The topological polar surface area (TPSA) is 20.3 Å². The number of Topliss-reactive ketones (excluding diaryl/α,β-unsaturated/α-hetero) is 1. The van der Waals surface area contributed by atoms with Gasteiger partial charge in [0.2, 0.25) is 0 Å². The number of ketones is 1. The van der Waals surface area contributed by atoms with Gasteiger partial charge in [-0.3, -0.25) is 4.79 Å². The van der Waals surface area contributed by atoms with Crippen LogP contribution in [0.3, 0.4) is 0 Å². The van der Waals surface area contributed by atoms with E-state index in [1.54, 1.807) is 0 Å². The zero-order valence-corrected chi connectivity index (χ0v) is 15.2. The van der Waals surface area contributed by atoms with E-state index < -0.39 is 5.41 Å². The molecule has 0 atom stereocenters. The Hall–Kier alpha value is -1.93. The molecule has 2 heteroatoms. The lowest BCUT2D eigenvalue weighted by Gasteiger charge is -2.35. The molecule has 0 heterocycles. The minimum absolute atomic E-state index is 0.298. The Kier molecular flexibility index (Phi) is 6.74. The highest BCUT2D eigenvalue weighted by atomic mass is 16.1. The van der Waals surface area contributed by atoms with Crippen molar-refractivity contribution in [3.63, 3.8) is 0 Å². The van der Waals surface area contributed by atoms with Gasteiger partial charge in [0.15, 0.2) is 0 Å². The number of rotatable bonds is 9. The van der Waals surface area contributed by atoms with Gasteiger partial charge in [-0.25, -0.2) is 0 Å². The fourth-order valence-electron chi connectivity index (χ4n) is 3.53. The number of hydrogen-bond acceptors (Lipinski definition) is 2. The summed E-state index contributed by atoms with van der Waals surface area (Å²) in [6, 6.07) is 20.6. The molecule has 0 aromatic heterocycles. The summed E-state index contributed by atoms with van der Waals surface area (Å²) in [5.74, 6) is 0.298. The van der Waals surface area contributed by atoms with E-state index in [4.69, 9.17) is 0 Å². The van der Waals surface area contributed by atoms with Gasteiger partial charge >= 0.3 is 0 Å². The second kappa shape index (κ2) is 8.79. The van der Waals surface area contributed by atoms with Gasteiger partial charge in [0, 0.05) is 6.42 Å². The monoisotopic (exact) mass is 323 g/mol. The highest BCUT2D eigenvalue weighted by Gasteiger charge is 2.40. The lowest BCUT2D eigenvalue weighted by atomic mass is 9.68. The predicted octanol–water partition coefficient (Wildman–Crippen LogP) is 4.68. The fourth-order valence-corrected chi connectivity index (χ4v) is 3.53. The number of carbonyl (C=O) groups excluding carboxylic acids is 1. The molecule has 0 amide bonds. The first-order chi connectivity index (χ1) is 11.7. The highest BCUT2D eigenvalue weighted by molar-refractivity contribution is 5.93. The van der Waals surface area contributed by atoms with Crippen molar-refractivity contribution in [2.24, 2.45) is 0 Å². The minimum Gasteiger partial charge on any atom is -0.304 e. The smallest absolute Gasteiger partial charge is 0.147 e. The Labute approximate surface area is 146 Å². The van der Waals surface area contributed by atoms with Crippen molar-refractivity contribution in [1.82, 2.24) is 4.90 Å². The van der Waals surface area contributed by atoms with Crippen LogP contribution in [-0.2, 0) is 10.2 Å². The average molecular weight is 323 g/mol. The number of benzene rings is 2. The van der Waals surface area contributed by atoms with Gasteiger partial charge < -0.3 is 4.90 Å². The Balaban J connectivity index is 2.54. The lowest BCUT2D eigenvalue weighted by Crippen LogP contribution is -2.40. The largest absolute Gasteiger partial charge is 0.304 e. The summed E-state index contributed by atoms with van der Waals surface area (Å²) < 4.78 is 0. The molecule has 0 aliphatic rings. The molecule has 0 spiro atoms.